The Balaban J connectivity index is 0.000000116. The van der Waals surface area contributed by atoms with Crippen LogP contribution in [-0.2, 0) is 25.7 Å². The molecule has 23 nitrogen and oxygen atoms in total. The summed E-state index contributed by atoms with van der Waals surface area (Å²) >= 11 is 0. The molecule has 0 aliphatic carbocycles. The number of pyridine rings is 2. The van der Waals surface area contributed by atoms with E-state index in [1.165, 1.54) is 23.8 Å². The Kier molecular flexibility index (Phi) is 22.0. The number of H-pyrrole nitrogens is 1. The van der Waals surface area contributed by atoms with Gasteiger partial charge in [-0.1, -0.05) is 142 Å². The molecule has 5 amide bonds. The number of carbonyl (C=O) groups is 5. The minimum Gasteiger partial charge on any atom is -0.508 e. The molecule has 16 aromatic rings. The molecule has 4 aliphatic rings. The van der Waals surface area contributed by atoms with Crippen molar-refractivity contribution in [1.82, 2.24) is 59.6 Å². The lowest BCUT2D eigenvalue weighted by Crippen LogP contribution is -2.60. The Morgan fingerprint density at radius 3 is 1.65 bits per heavy atom. The van der Waals surface area contributed by atoms with E-state index >= 15 is 0 Å². The number of aromatic amines is 1. The van der Waals surface area contributed by atoms with Gasteiger partial charge in [0.05, 0.1) is 57.4 Å². The van der Waals surface area contributed by atoms with Gasteiger partial charge in [0.15, 0.2) is 0 Å². The molecular weight excluding hydrogens is 1540 g/mol. The fourth-order valence-electron chi connectivity index (χ4n) is 16.8. The highest BCUT2D eigenvalue weighted by Crippen LogP contribution is 2.43. The molecule has 11 aromatic carbocycles. The van der Waals surface area contributed by atoms with E-state index in [1.54, 1.807) is 75.8 Å². The zero-order valence-corrected chi connectivity index (χ0v) is 67.5. The zero-order chi connectivity index (χ0) is 85.3. The van der Waals surface area contributed by atoms with Crippen molar-refractivity contribution in [2.24, 2.45) is 5.73 Å². The van der Waals surface area contributed by atoms with E-state index in [0.717, 1.165) is 162 Å². The van der Waals surface area contributed by atoms with Crippen LogP contribution in [0.25, 0.3) is 120 Å². The maximum absolute atomic E-state index is 12.7. The number of nitrogens with one attached hydrogen (secondary N) is 4. The minimum atomic E-state index is -0.435. The summed E-state index contributed by atoms with van der Waals surface area (Å²) in [5, 5.41) is 59.0. The third kappa shape index (κ3) is 16.2. The number of aromatic nitrogens is 7. The summed E-state index contributed by atoms with van der Waals surface area (Å²) < 4.78 is 1.90. The Morgan fingerprint density at radius 2 is 1.03 bits per heavy atom. The molecule has 9 N–H and O–H groups in total. The van der Waals surface area contributed by atoms with Gasteiger partial charge in [0.2, 0.25) is 23.6 Å². The molecule has 4 aliphatic heterocycles. The van der Waals surface area contributed by atoms with Gasteiger partial charge in [-0.25, -0.2) is 9.97 Å². The quantitative estimate of drug-likeness (QED) is 0.0292. The average molecular weight is 1630 g/mol. The van der Waals surface area contributed by atoms with Gasteiger partial charge in [0, 0.05) is 126 Å². The second-order valence-electron chi connectivity index (χ2n) is 31.3. The van der Waals surface area contributed by atoms with Crippen molar-refractivity contribution in [2.75, 3.05) is 63.0 Å². The molecule has 610 valence electrons. The van der Waals surface area contributed by atoms with Crippen molar-refractivity contribution in [3.05, 3.63) is 322 Å². The Hall–Kier alpha value is -15.8. The number of primary amides is 1. The number of amides is 5. The van der Waals surface area contributed by atoms with Gasteiger partial charge in [0.25, 0.3) is 5.91 Å². The van der Waals surface area contributed by atoms with Gasteiger partial charge in [-0.2, -0.15) is 5.10 Å². The molecule has 0 unspecified atom stereocenters. The van der Waals surface area contributed by atoms with Crippen LogP contribution in [0.15, 0.2) is 300 Å². The number of aryl methyl sites for hydroxylation is 1. The van der Waals surface area contributed by atoms with Crippen LogP contribution >= 0.6 is 0 Å². The number of phenols is 3. The summed E-state index contributed by atoms with van der Waals surface area (Å²) in [6.45, 7) is 26.0. The van der Waals surface area contributed by atoms with Crippen LogP contribution in [0.3, 0.4) is 0 Å². The van der Waals surface area contributed by atoms with Crippen molar-refractivity contribution < 1.29 is 39.3 Å². The van der Waals surface area contributed by atoms with E-state index in [-0.39, 0.29) is 59.4 Å². The second-order valence-corrected chi connectivity index (χ2v) is 31.3. The number of nitrogens with zero attached hydrogens (tertiary/aromatic N) is 10. The van der Waals surface area contributed by atoms with Crippen LogP contribution in [0.1, 0.15) is 38.9 Å². The summed E-state index contributed by atoms with van der Waals surface area (Å²) in [4.78, 5) is 85.1. The fourth-order valence-corrected chi connectivity index (χ4v) is 16.8. The highest BCUT2D eigenvalue weighted by atomic mass is 16.3. The summed E-state index contributed by atoms with van der Waals surface area (Å²) in [7, 11) is 0. The smallest absolute Gasteiger partial charge is 0.251 e. The molecule has 5 aromatic heterocycles. The molecule has 20 rings (SSSR count). The lowest BCUT2D eigenvalue weighted by molar-refractivity contribution is -0.131. The lowest BCUT2D eigenvalue weighted by Gasteiger charge is -2.42. The number of allylic oxidation sites excluding steroid dienone is 1. The molecule has 9 heterocycles. The number of carbonyl (C=O) groups excluding carboxylic acids is 5. The SMILES string of the molecule is C=CC(=C)N1CC(Nc2cccc3c(-c4cc(O)cc5ccccc45)ccnc23)C1.C=CC(=O)N1CC(NC(=O)c2ccc3c(-c4cc(O)cc5ccccc45)ccnc3c2)C1.C=CC(=O)N1CC(c2ccc3c(Nc4c(C)ccc5[nH]ncc45)ncnc3c2)C1.C=CC(=O)N1CC(c2ccc3c(c2)cc(-c2cc(O)cc4ccccc24)n3CC(N)=O)C1. The topological polar surface area (TPSA) is 306 Å². The van der Waals surface area contributed by atoms with Gasteiger partial charge in [0.1, 0.15) is 35.9 Å². The van der Waals surface area contributed by atoms with Crippen LogP contribution in [0.2, 0.25) is 0 Å². The van der Waals surface area contributed by atoms with Crippen molar-refractivity contribution >= 4 is 134 Å². The molecule has 4 saturated heterocycles. The number of hydrogen-bond donors (Lipinski definition) is 8. The molecule has 0 saturated carbocycles. The van der Waals surface area contributed by atoms with Gasteiger partial charge in [-0.05, 0) is 206 Å². The molecule has 23 heteroatoms. The number of para-hydroxylation sites is 1. The first-order chi connectivity index (χ1) is 59.7. The number of nitrogens with two attached hydrogens (primary N) is 1. The van der Waals surface area contributed by atoms with E-state index in [0.29, 0.717) is 62.3 Å². The highest BCUT2D eigenvalue weighted by molar-refractivity contribution is 6.10. The number of rotatable bonds is 18. The summed E-state index contributed by atoms with van der Waals surface area (Å²) in [6.07, 6.45) is 12.7. The number of aromatic hydroxyl groups is 3. The molecule has 4 fully saturated rings. The zero-order valence-electron chi connectivity index (χ0n) is 67.5. The van der Waals surface area contributed by atoms with Gasteiger partial charge in [-0.3, -0.25) is 39.0 Å². The molecule has 0 atom stereocenters. The number of likely N-dealkylation sites (tertiary alicyclic amines) is 4. The molecular formula is C100H87N15O8. The van der Waals surface area contributed by atoms with E-state index in [9.17, 15) is 39.3 Å². The van der Waals surface area contributed by atoms with Crippen molar-refractivity contribution in [1.29, 1.82) is 0 Å². The summed E-state index contributed by atoms with van der Waals surface area (Å²) in [6, 6.07) is 68.8. The van der Waals surface area contributed by atoms with Crippen LogP contribution in [0, 0.1) is 6.92 Å². The van der Waals surface area contributed by atoms with E-state index in [4.69, 9.17) is 5.73 Å². The van der Waals surface area contributed by atoms with Crippen molar-refractivity contribution in [3.8, 4) is 50.8 Å². The van der Waals surface area contributed by atoms with Crippen LogP contribution in [0.4, 0.5) is 17.2 Å². The van der Waals surface area contributed by atoms with Gasteiger partial charge in [-0.15, -0.1) is 0 Å². The molecule has 0 spiro atoms. The first-order valence-electron chi connectivity index (χ1n) is 40.4. The predicted octanol–water partition coefficient (Wildman–Crippen LogP) is 16.9. The van der Waals surface area contributed by atoms with E-state index < -0.39 is 5.91 Å². The average Bonchev–Trinajstić information content (AvgIpc) is 1.71. The monoisotopic (exact) mass is 1630 g/mol. The Labute approximate surface area is 707 Å². The fraction of sp³-hybridized carbons (Fsp3) is 0.140. The second kappa shape index (κ2) is 33.9. The number of fused-ring (bicyclic) bond motifs is 8. The standard InChI is InChI=1S/C26H23N3O3.C26H21N3O3.C26H23N3O.C22H20N6O/c1-2-26(32)28-13-19(14-28)16-7-8-23-18(9-16)11-24(29(23)15-25(27)31)22-12-20(30)10-17-5-3-4-6-21(17)22;1-2-25(31)29-14-18(15-29)28-26(32)17-7-8-22-21(9-10-27-24(22)12-17)23-13-19(30)11-16-5-3-4-6-20(16)23;1-3-17(2)29-15-19(16-29)28-25-10-6-9-23-22(11-12-27-26(23)25)24-14-20(30)13-18-7-4-5-8-21(18)24;1-3-20(29)28-10-15(11-28)14-5-6-16-19(8-14)23-12-24-22(16)26-21-13(2)4-7-18-17(21)9-25-27-18/h2-12,19,30H,1,13-15H2,(H2,27,31);2-13,18,30H,1,14-15H2,(H,28,32);3-14,19,28,30H,1-2,15-16H2;3-9,12,15H,1,10-11H2,2H3,(H,25,27)(H,23,24,26). The maximum Gasteiger partial charge on any atom is 0.251 e. The normalized spacial score (nSPS) is 13.9. The van der Waals surface area contributed by atoms with Crippen LogP contribution in [-0.4, -0.2) is 164 Å². The third-order valence-corrected chi connectivity index (χ3v) is 23.4. The highest BCUT2D eigenvalue weighted by Gasteiger charge is 2.34. The number of phenolic OH excluding ortho intramolecular Hbond substituents is 3. The maximum atomic E-state index is 12.7. The molecule has 123 heavy (non-hydrogen) atoms. The summed E-state index contributed by atoms with van der Waals surface area (Å²) in [5.41, 5.74) is 22.4. The Bertz CT molecular complexity index is 6990. The summed E-state index contributed by atoms with van der Waals surface area (Å²) in [5.74, 6) is 1.16. The third-order valence-electron chi connectivity index (χ3n) is 23.4. The number of hydrogen-bond acceptors (Lipinski definition) is 16. The van der Waals surface area contributed by atoms with E-state index in [1.807, 2.05) is 132 Å². The number of anilines is 3. The number of benzene rings is 11. The van der Waals surface area contributed by atoms with Crippen molar-refractivity contribution in [3.63, 3.8) is 0 Å². The largest absolute Gasteiger partial charge is 0.508 e. The first-order valence-corrected chi connectivity index (χ1v) is 40.4. The first kappa shape index (κ1) is 79.7. The van der Waals surface area contributed by atoms with Crippen molar-refractivity contribution in [2.45, 2.75) is 37.4 Å². The predicted molar refractivity (Wildman–Crippen MR) is 487 cm³/mol. The lowest BCUT2D eigenvalue weighted by atomic mass is 9.90. The molecule has 0 bridgehead atoms. The van der Waals surface area contributed by atoms with Gasteiger partial charge >= 0.3 is 0 Å². The minimum absolute atomic E-state index is 0.0142. The van der Waals surface area contributed by atoms with Crippen LogP contribution < -0.4 is 21.7 Å². The van der Waals surface area contributed by atoms with Crippen LogP contribution in [0.5, 0.6) is 17.2 Å². The Morgan fingerprint density at radius 1 is 0.488 bits per heavy atom. The molecule has 0 radical (unpaired) electrons. The van der Waals surface area contributed by atoms with Gasteiger partial charge < -0.3 is 61.2 Å². The van der Waals surface area contributed by atoms with E-state index in [2.05, 4.69) is 145 Å².